The highest BCUT2D eigenvalue weighted by Gasteiger charge is 2.32. The number of halogens is 1. The summed E-state index contributed by atoms with van der Waals surface area (Å²) < 4.78 is 14.8. The second-order valence-electron chi connectivity index (χ2n) is 8.76. The van der Waals surface area contributed by atoms with Crippen LogP contribution in [-0.2, 0) is 17.8 Å². The van der Waals surface area contributed by atoms with Crippen molar-refractivity contribution < 1.29 is 19.1 Å². The van der Waals surface area contributed by atoms with Crippen molar-refractivity contribution >= 4 is 11.8 Å². The third kappa shape index (κ3) is 4.44. The number of rotatable bonds is 5. The topological polar surface area (TPSA) is 94.9 Å². The first-order valence-corrected chi connectivity index (χ1v) is 10.7. The summed E-state index contributed by atoms with van der Waals surface area (Å²) in [4.78, 5) is 42.5. The minimum absolute atomic E-state index is 0.0327. The lowest BCUT2D eigenvalue weighted by Gasteiger charge is -2.33. The first-order valence-electron chi connectivity index (χ1n) is 10.7. The van der Waals surface area contributed by atoms with Crippen LogP contribution in [0.2, 0.25) is 0 Å². The van der Waals surface area contributed by atoms with Gasteiger partial charge in [0.1, 0.15) is 11.4 Å². The molecule has 32 heavy (non-hydrogen) atoms. The molecule has 4 rings (SSSR count). The van der Waals surface area contributed by atoms with Gasteiger partial charge < -0.3 is 20.2 Å². The van der Waals surface area contributed by atoms with Gasteiger partial charge in [-0.25, -0.2) is 4.39 Å². The number of hydrogen-bond donors (Lipinski definition) is 2. The van der Waals surface area contributed by atoms with E-state index in [1.54, 1.807) is 16.0 Å². The molecule has 2 aliphatic rings. The zero-order chi connectivity index (χ0) is 23.0. The highest BCUT2D eigenvalue weighted by atomic mass is 19.1. The van der Waals surface area contributed by atoms with Gasteiger partial charge in [-0.15, -0.1) is 0 Å². The van der Waals surface area contributed by atoms with E-state index in [9.17, 15) is 23.9 Å². The summed E-state index contributed by atoms with van der Waals surface area (Å²) in [6.07, 6.45) is 2.52. The molecule has 0 radical (unpaired) electrons. The highest BCUT2D eigenvalue weighted by Crippen LogP contribution is 2.24. The molecule has 1 aromatic carbocycles. The SMILES string of the molecule is CN(C)CC(=O)N1CCc2c(cn(-c3ccc(F)cc3)c(=O)c2C(=O)NC2CC(O)C2)C1. The molecule has 0 atom stereocenters. The zero-order valence-corrected chi connectivity index (χ0v) is 18.2. The number of amides is 2. The summed E-state index contributed by atoms with van der Waals surface area (Å²) >= 11 is 0. The van der Waals surface area contributed by atoms with Crippen LogP contribution in [0, 0.1) is 5.82 Å². The van der Waals surface area contributed by atoms with Crippen molar-refractivity contribution in [3.63, 3.8) is 0 Å². The van der Waals surface area contributed by atoms with Gasteiger partial charge in [0.2, 0.25) is 5.91 Å². The molecule has 1 aliphatic heterocycles. The fourth-order valence-electron chi connectivity index (χ4n) is 4.23. The van der Waals surface area contributed by atoms with Crippen LogP contribution in [0.3, 0.4) is 0 Å². The van der Waals surface area contributed by atoms with Crippen molar-refractivity contribution in [3.05, 3.63) is 63.3 Å². The van der Waals surface area contributed by atoms with Crippen LogP contribution < -0.4 is 10.9 Å². The summed E-state index contributed by atoms with van der Waals surface area (Å²) in [5, 5.41) is 12.4. The Morgan fingerprint density at radius 1 is 1.22 bits per heavy atom. The van der Waals surface area contributed by atoms with Crippen LogP contribution >= 0.6 is 0 Å². The van der Waals surface area contributed by atoms with Crippen LogP contribution in [0.15, 0.2) is 35.3 Å². The molecule has 0 spiro atoms. The standard InChI is InChI=1S/C23H27FN4O4/c1-26(2)13-20(30)27-8-7-19-14(11-27)12-28(17-5-3-15(24)4-6-17)23(32)21(19)22(31)25-16-9-18(29)10-16/h3-6,12,16,18,29H,7-11,13H2,1-2H3,(H,25,31). The van der Waals surface area contributed by atoms with Gasteiger partial charge in [-0.3, -0.25) is 19.0 Å². The number of carbonyl (C=O) groups excluding carboxylic acids is 2. The van der Waals surface area contributed by atoms with Gasteiger partial charge in [-0.05, 0) is 68.8 Å². The maximum atomic E-state index is 13.4. The number of aliphatic hydroxyl groups excluding tert-OH is 1. The van der Waals surface area contributed by atoms with Gasteiger partial charge in [0, 0.05) is 31.0 Å². The second-order valence-corrected chi connectivity index (χ2v) is 8.76. The highest BCUT2D eigenvalue weighted by molar-refractivity contribution is 5.96. The minimum atomic E-state index is -0.485. The number of nitrogens with zero attached hydrogens (tertiary/aromatic N) is 3. The van der Waals surface area contributed by atoms with Gasteiger partial charge in [-0.2, -0.15) is 0 Å². The van der Waals surface area contributed by atoms with Gasteiger partial charge in [0.25, 0.3) is 11.5 Å². The van der Waals surface area contributed by atoms with Crippen molar-refractivity contribution in [2.45, 2.75) is 38.0 Å². The van der Waals surface area contributed by atoms with Gasteiger partial charge in [0.05, 0.1) is 12.6 Å². The molecular weight excluding hydrogens is 415 g/mol. The van der Waals surface area contributed by atoms with E-state index in [1.807, 2.05) is 14.1 Å². The van der Waals surface area contributed by atoms with Crippen molar-refractivity contribution in [1.29, 1.82) is 0 Å². The van der Waals surface area contributed by atoms with Crippen molar-refractivity contribution in [3.8, 4) is 5.69 Å². The first kappa shape index (κ1) is 22.2. The third-order valence-electron chi connectivity index (χ3n) is 5.98. The molecule has 0 unspecified atom stereocenters. The minimum Gasteiger partial charge on any atom is -0.393 e. The number of carbonyl (C=O) groups is 2. The predicted molar refractivity (Wildman–Crippen MR) is 116 cm³/mol. The zero-order valence-electron chi connectivity index (χ0n) is 18.2. The number of hydrogen-bond acceptors (Lipinski definition) is 5. The number of benzene rings is 1. The van der Waals surface area contributed by atoms with Gasteiger partial charge >= 0.3 is 0 Å². The molecule has 170 valence electrons. The number of nitrogens with one attached hydrogen (secondary N) is 1. The van der Waals surface area contributed by atoms with E-state index in [0.29, 0.717) is 42.6 Å². The molecule has 2 amide bonds. The molecule has 8 nitrogen and oxygen atoms in total. The van der Waals surface area contributed by atoms with E-state index in [2.05, 4.69) is 5.32 Å². The number of likely N-dealkylation sites (N-methyl/N-ethyl adjacent to an activating group) is 1. The van der Waals surface area contributed by atoms with E-state index in [0.717, 1.165) is 0 Å². The quantitative estimate of drug-likeness (QED) is 0.710. The summed E-state index contributed by atoms with van der Waals surface area (Å²) in [5.74, 6) is -0.941. The fourth-order valence-corrected chi connectivity index (χ4v) is 4.23. The largest absolute Gasteiger partial charge is 0.393 e. The predicted octanol–water partition coefficient (Wildman–Crippen LogP) is 0.676. The molecular formula is C23H27FN4O4. The summed E-state index contributed by atoms with van der Waals surface area (Å²) in [7, 11) is 3.64. The van der Waals surface area contributed by atoms with E-state index in [4.69, 9.17) is 0 Å². The number of fused-ring (bicyclic) bond motifs is 1. The Balaban J connectivity index is 1.74. The smallest absolute Gasteiger partial charge is 0.268 e. The Bertz CT molecular complexity index is 1090. The Hall–Kier alpha value is -3.04. The average molecular weight is 442 g/mol. The van der Waals surface area contributed by atoms with Crippen LogP contribution in [0.25, 0.3) is 5.69 Å². The lowest BCUT2D eigenvalue weighted by molar-refractivity contribution is -0.132. The Kier molecular flexibility index (Phi) is 6.12. The first-order chi connectivity index (χ1) is 15.2. The van der Waals surface area contributed by atoms with Gasteiger partial charge in [0.15, 0.2) is 0 Å². The third-order valence-corrected chi connectivity index (χ3v) is 5.98. The number of pyridine rings is 1. The Labute approximate surface area is 185 Å². The van der Waals surface area contributed by atoms with E-state index >= 15 is 0 Å². The van der Waals surface area contributed by atoms with Gasteiger partial charge in [-0.1, -0.05) is 0 Å². The van der Waals surface area contributed by atoms with Crippen LogP contribution in [-0.4, -0.2) is 70.6 Å². The molecule has 1 aromatic heterocycles. The molecule has 1 saturated carbocycles. The van der Waals surface area contributed by atoms with E-state index in [-0.39, 0.29) is 30.6 Å². The maximum absolute atomic E-state index is 13.4. The molecule has 1 aliphatic carbocycles. The summed E-state index contributed by atoms with van der Waals surface area (Å²) in [5.41, 5.74) is 1.35. The molecule has 2 heterocycles. The van der Waals surface area contributed by atoms with Crippen LogP contribution in [0.4, 0.5) is 4.39 Å². The summed E-state index contributed by atoms with van der Waals surface area (Å²) in [6.45, 7) is 0.971. The maximum Gasteiger partial charge on any atom is 0.268 e. The van der Waals surface area contributed by atoms with Crippen LogP contribution in [0.5, 0.6) is 0 Å². The van der Waals surface area contributed by atoms with Crippen LogP contribution in [0.1, 0.15) is 34.3 Å². The monoisotopic (exact) mass is 442 g/mol. The van der Waals surface area contributed by atoms with Crippen molar-refractivity contribution in [1.82, 2.24) is 19.7 Å². The van der Waals surface area contributed by atoms with E-state index in [1.165, 1.54) is 28.8 Å². The molecule has 1 fully saturated rings. The lowest BCUT2D eigenvalue weighted by atomic mass is 9.89. The van der Waals surface area contributed by atoms with E-state index < -0.39 is 23.4 Å². The van der Waals surface area contributed by atoms with Crippen molar-refractivity contribution in [2.75, 3.05) is 27.2 Å². The molecule has 0 saturated heterocycles. The fraction of sp³-hybridized carbons (Fsp3) is 0.435. The average Bonchev–Trinajstić information content (AvgIpc) is 2.72. The molecule has 0 bridgehead atoms. The molecule has 2 N–H and O–H groups in total. The Morgan fingerprint density at radius 3 is 2.53 bits per heavy atom. The molecule has 2 aromatic rings. The van der Waals surface area contributed by atoms with Crippen molar-refractivity contribution in [2.24, 2.45) is 0 Å². The number of aromatic nitrogens is 1. The molecule has 9 heteroatoms. The number of aliphatic hydroxyl groups is 1. The summed E-state index contributed by atoms with van der Waals surface area (Å²) in [6, 6.07) is 5.29. The Morgan fingerprint density at radius 2 is 1.91 bits per heavy atom. The lowest BCUT2D eigenvalue weighted by Crippen LogP contribution is -2.49. The normalized spacial score (nSPS) is 20.0. The second kappa shape index (κ2) is 8.84.